The number of nitrogens with one attached hydrogen (secondary N) is 1. The number of aliphatic hydroxyl groups is 3. The molecule has 0 aromatic carbocycles. The van der Waals surface area contributed by atoms with Crippen molar-refractivity contribution in [1.29, 1.82) is 0 Å². The fraction of sp³-hybridized carbons (Fsp3) is 0.583. The highest BCUT2D eigenvalue weighted by Gasteiger charge is 2.43. The maximum Gasteiger partial charge on any atom is 0.433 e. The van der Waals surface area contributed by atoms with Crippen molar-refractivity contribution in [2.75, 3.05) is 26.2 Å². The van der Waals surface area contributed by atoms with Gasteiger partial charge < -0.3 is 29.8 Å². The molecule has 1 aromatic heterocycles. The Morgan fingerprint density at radius 2 is 2.17 bits per heavy atom. The monoisotopic (exact) mass is 330 g/mol. The van der Waals surface area contributed by atoms with Crippen molar-refractivity contribution in [2.24, 2.45) is 0 Å². The summed E-state index contributed by atoms with van der Waals surface area (Å²) >= 11 is 0. The van der Waals surface area contributed by atoms with Crippen LogP contribution in [-0.2, 0) is 9.57 Å². The van der Waals surface area contributed by atoms with E-state index >= 15 is 0 Å². The van der Waals surface area contributed by atoms with Gasteiger partial charge in [-0.15, -0.1) is 0 Å². The molecule has 1 saturated heterocycles. The number of aliphatic hydroxyl groups excluding tert-OH is 3. The second kappa shape index (κ2) is 6.91. The van der Waals surface area contributed by atoms with Gasteiger partial charge in [0.15, 0.2) is 12.0 Å². The van der Waals surface area contributed by atoms with E-state index in [9.17, 15) is 19.8 Å². The van der Waals surface area contributed by atoms with Gasteiger partial charge in [-0.05, 0) is 0 Å². The molecule has 4 N–H and O–H groups in total. The molecular weight excluding hydrogens is 312 g/mol. The number of hydrogen-bond donors (Lipinski definition) is 4. The molecular formula is C12H18N4O7. The number of amides is 1. The van der Waals surface area contributed by atoms with Gasteiger partial charge in [0.2, 0.25) is 0 Å². The van der Waals surface area contributed by atoms with Gasteiger partial charge in [-0.3, -0.25) is 4.57 Å². The van der Waals surface area contributed by atoms with Crippen LogP contribution in [-0.4, -0.2) is 74.9 Å². The molecule has 23 heavy (non-hydrogen) atoms. The lowest BCUT2D eigenvalue weighted by molar-refractivity contribution is -0.0549. The zero-order chi connectivity index (χ0) is 17.1. The summed E-state index contributed by atoms with van der Waals surface area (Å²) in [5.74, 6) is -0.0202. The Bertz CT molecular complexity index is 620. The Labute approximate surface area is 130 Å². The lowest BCUT2D eigenvalue weighted by atomic mass is 10.1. The highest BCUT2D eigenvalue weighted by molar-refractivity contribution is 5.67. The van der Waals surface area contributed by atoms with E-state index in [-0.39, 0.29) is 5.82 Å². The SMILES string of the molecule is CN(C)C(=O)ONc1ccn([C@@H]2O[C@H](CO)[C@H](O)C2O)c(=O)n1. The highest BCUT2D eigenvalue weighted by atomic mass is 16.7. The maximum absolute atomic E-state index is 12.0. The van der Waals surface area contributed by atoms with Crippen LogP contribution in [0, 0.1) is 0 Å². The summed E-state index contributed by atoms with van der Waals surface area (Å²) in [6.07, 6.45) is -4.32. The number of carbonyl (C=O) groups is 1. The minimum absolute atomic E-state index is 0.0202. The van der Waals surface area contributed by atoms with Crippen LogP contribution in [0.15, 0.2) is 17.1 Å². The summed E-state index contributed by atoms with van der Waals surface area (Å²) in [7, 11) is 2.97. The molecule has 1 aromatic rings. The topological polar surface area (TPSA) is 146 Å². The fourth-order valence-corrected chi connectivity index (χ4v) is 1.96. The van der Waals surface area contributed by atoms with Crippen molar-refractivity contribution >= 4 is 11.9 Å². The average molecular weight is 330 g/mol. The standard InChI is InChI=1S/C12H18N4O7/c1-15(2)12(21)23-14-7-3-4-16(11(20)13-7)10-9(19)8(18)6(5-17)22-10/h3-4,6,8-10,17-19H,5H2,1-2H3,(H,13,14,20)/t6-,8+,9?,10-/m1/s1. The summed E-state index contributed by atoms with van der Waals surface area (Å²) in [6, 6.07) is 1.32. The van der Waals surface area contributed by atoms with Crippen molar-refractivity contribution in [1.82, 2.24) is 14.5 Å². The molecule has 11 heteroatoms. The van der Waals surface area contributed by atoms with E-state index in [1.165, 1.54) is 31.3 Å². The third-order valence-electron chi connectivity index (χ3n) is 3.23. The molecule has 4 atom stereocenters. The van der Waals surface area contributed by atoms with Gasteiger partial charge in [-0.25, -0.2) is 9.59 Å². The van der Waals surface area contributed by atoms with E-state index in [0.717, 1.165) is 4.57 Å². The highest BCUT2D eigenvalue weighted by Crippen LogP contribution is 2.28. The molecule has 128 valence electrons. The number of rotatable bonds is 4. The van der Waals surface area contributed by atoms with Crippen LogP contribution < -0.4 is 11.2 Å². The molecule has 1 aliphatic heterocycles. The van der Waals surface area contributed by atoms with Crippen molar-refractivity contribution in [2.45, 2.75) is 24.5 Å². The fourth-order valence-electron chi connectivity index (χ4n) is 1.96. The molecule has 11 nitrogen and oxygen atoms in total. The Balaban J connectivity index is 2.11. The van der Waals surface area contributed by atoms with Gasteiger partial charge in [0, 0.05) is 26.4 Å². The van der Waals surface area contributed by atoms with Crippen LogP contribution in [0.3, 0.4) is 0 Å². The Morgan fingerprint density at radius 1 is 1.48 bits per heavy atom. The quantitative estimate of drug-likeness (QED) is 0.455. The second-order valence-electron chi connectivity index (χ2n) is 5.10. The molecule has 0 aliphatic carbocycles. The van der Waals surface area contributed by atoms with E-state index in [0.29, 0.717) is 0 Å². The zero-order valence-corrected chi connectivity index (χ0v) is 12.5. The van der Waals surface area contributed by atoms with Gasteiger partial charge >= 0.3 is 11.8 Å². The number of carbonyl (C=O) groups excluding carboxylic acids is 1. The van der Waals surface area contributed by atoms with Gasteiger partial charge in [0.1, 0.15) is 18.3 Å². The summed E-state index contributed by atoms with van der Waals surface area (Å²) in [5.41, 5.74) is 1.42. The average Bonchev–Trinajstić information content (AvgIpc) is 2.80. The van der Waals surface area contributed by atoms with Crippen molar-refractivity contribution in [3.05, 3.63) is 22.7 Å². The largest absolute Gasteiger partial charge is 0.433 e. The summed E-state index contributed by atoms with van der Waals surface area (Å²) in [6.45, 7) is -0.503. The third-order valence-corrected chi connectivity index (χ3v) is 3.23. The van der Waals surface area contributed by atoms with Crippen LogP contribution in [0.5, 0.6) is 0 Å². The van der Waals surface area contributed by atoms with Crippen LogP contribution in [0.1, 0.15) is 6.23 Å². The Kier molecular flexibility index (Phi) is 5.15. The first-order valence-corrected chi connectivity index (χ1v) is 6.71. The lowest BCUT2D eigenvalue weighted by Gasteiger charge is -2.17. The van der Waals surface area contributed by atoms with E-state index in [4.69, 9.17) is 9.84 Å². The first kappa shape index (κ1) is 17.1. The summed E-state index contributed by atoms with van der Waals surface area (Å²) in [4.78, 5) is 32.7. The van der Waals surface area contributed by atoms with Gasteiger partial charge in [-0.2, -0.15) is 10.5 Å². The molecule has 0 spiro atoms. The van der Waals surface area contributed by atoms with E-state index in [1.807, 2.05) is 0 Å². The molecule has 0 saturated carbocycles. The van der Waals surface area contributed by atoms with Crippen LogP contribution in [0.2, 0.25) is 0 Å². The zero-order valence-electron chi connectivity index (χ0n) is 12.5. The minimum Gasteiger partial charge on any atom is -0.394 e. The maximum atomic E-state index is 12.0. The minimum atomic E-state index is -1.39. The molecule has 0 bridgehead atoms. The molecule has 2 heterocycles. The molecule has 1 unspecified atom stereocenters. The first-order valence-electron chi connectivity index (χ1n) is 6.71. The lowest BCUT2D eigenvalue weighted by Crippen LogP contribution is -2.36. The third kappa shape index (κ3) is 3.59. The van der Waals surface area contributed by atoms with E-state index in [1.54, 1.807) is 0 Å². The van der Waals surface area contributed by atoms with Crippen LogP contribution in [0.4, 0.5) is 10.6 Å². The number of ether oxygens (including phenoxy) is 1. The Hall–Kier alpha value is -2.21. The second-order valence-corrected chi connectivity index (χ2v) is 5.10. The molecule has 1 fully saturated rings. The van der Waals surface area contributed by atoms with Gasteiger partial charge in [0.05, 0.1) is 6.61 Å². The summed E-state index contributed by atoms with van der Waals surface area (Å²) < 4.78 is 6.19. The summed E-state index contributed by atoms with van der Waals surface area (Å²) in [5, 5.41) is 28.6. The van der Waals surface area contributed by atoms with Crippen molar-refractivity contribution < 1.29 is 29.7 Å². The predicted molar refractivity (Wildman–Crippen MR) is 75.3 cm³/mol. The number of aromatic nitrogens is 2. The molecule has 1 aliphatic rings. The normalized spacial score (nSPS) is 26.8. The number of nitrogens with zero attached hydrogens (tertiary/aromatic N) is 3. The van der Waals surface area contributed by atoms with Gasteiger partial charge in [-0.1, -0.05) is 0 Å². The first-order chi connectivity index (χ1) is 10.8. The van der Waals surface area contributed by atoms with Crippen molar-refractivity contribution in [3.8, 4) is 0 Å². The van der Waals surface area contributed by atoms with Crippen molar-refractivity contribution in [3.63, 3.8) is 0 Å². The molecule has 1 amide bonds. The van der Waals surface area contributed by atoms with E-state index in [2.05, 4.69) is 15.3 Å². The Morgan fingerprint density at radius 3 is 2.70 bits per heavy atom. The van der Waals surface area contributed by atoms with Crippen LogP contribution >= 0.6 is 0 Å². The molecule has 2 rings (SSSR count). The predicted octanol–water partition coefficient (Wildman–Crippen LogP) is -2.12. The van der Waals surface area contributed by atoms with Gasteiger partial charge in [0.25, 0.3) is 0 Å². The number of anilines is 1. The van der Waals surface area contributed by atoms with E-state index < -0.39 is 42.9 Å². The molecule has 0 radical (unpaired) electrons. The van der Waals surface area contributed by atoms with Crippen LogP contribution in [0.25, 0.3) is 0 Å². The number of hydrogen-bond acceptors (Lipinski definition) is 9. The smallest absolute Gasteiger partial charge is 0.394 e.